The summed E-state index contributed by atoms with van der Waals surface area (Å²) in [6, 6.07) is 0. The Morgan fingerprint density at radius 3 is 2.71 bits per heavy atom. The minimum absolute atomic E-state index is 0.00629. The van der Waals surface area contributed by atoms with Crippen LogP contribution >= 0.6 is 0 Å². The van der Waals surface area contributed by atoms with Gasteiger partial charge in [0.15, 0.2) is 0 Å². The predicted molar refractivity (Wildman–Crippen MR) is 61.2 cm³/mol. The molecule has 0 radical (unpaired) electrons. The van der Waals surface area contributed by atoms with Gasteiger partial charge in [-0.25, -0.2) is 4.98 Å². The fourth-order valence-electron chi connectivity index (χ4n) is 1.44. The molecule has 0 unspecified atom stereocenters. The first-order valence-electron chi connectivity index (χ1n) is 5.53. The van der Waals surface area contributed by atoms with Crippen LogP contribution in [0.1, 0.15) is 31.5 Å². The van der Waals surface area contributed by atoms with E-state index in [9.17, 15) is 9.59 Å². The summed E-state index contributed by atoms with van der Waals surface area (Å²) >= 11 is 0. The number of nitrogens with one attached hydrogen (secondary N) is 1. The highest BCUT2D eigenvalue weighted by atomic mass is 16.4. The summed E-state index contributed by atoms with van der Waals surface area (Å²) in [5, 5.41) is 8.45. The van der Waals surface area contributed by atoms with E-state index in [1.807, 2.05) is 0 Å². The van der Waals surface area contributed by atoms with Crippen LogP contribution in [0.3, 0.4) is 0 Å². The van der Waals surface area contributed by atoms with Crippen LogP contribution in [-0.4, -0.2) is 38.9 Å². The highest BCUT2D eigenvalue weighted by Crippen LogP contribution is 2.04. The molecule has 0 saturated carbocycles. The zero-order chi connectivity index (χ0) is 12.7. The lowest BCUT2D eigenvalue weighted by atomic mass is 10.2. The van der Waals surface area contributed by atoms with Crippen LogP contribution in [0.2, 0.25) is 0 Å². The predicted octanol–water partition coefficient (Wildman–Crippen LogP) is 1.01. The number of unbranched alkanes of at least 4 members (excludes halogenated alkanes) is 1. The Kier molecular flexibility index (Phi) is 5.19. The van der Waals surface area contributed by atoms with Crippen molar-refractivity contribution in [2.24, 2.45) is 0 Å². The summed E-state index contributed by atoms with van der Waals surface area (Å²) in [4.78, 5) is 30.5. The number of aromatic amines is 1. The fraction of sp³-hybridized carbons (Fsp3) is 0.545. The molecule has 0 saturated heterocycles. The van der Waals surface area contributed by atoms with Crippen molar-refractivity contribution in [1.82, 2.24) is 14.9 Å². The quantitative estimate of drug-likeness (QED) is 0.695. The molecule has 1 amide bonds. The largest absolute Gasteiger partial charge is 0.481 e. The zero-order valence-corrected chi connectivity index (χ0v) is 9.85. The van der Waals surface area contributed by atoms with Crippen molar-refractivity contribution in [3.63, 3.8) is 0 Å². The SMILES string of the molecule is CN(Cc1ncc[nH]1)C(=O)CCCCC(=O)O. The molecule has 1 heterocycles. The van der Waals surface area contributed by atoms with Crippen LogP contribution in [0.4, 0.5) is 0 Å². The van der Waals surface area contributed by atoms with Gasteiger partial charge in [0.2, 0.25) is 5.91 Å². The molecule has 94 valence electrons. The molecule has 0 aliphatic heterocycles. The number of H-pyrrole nitrogens is 1. The van der Waals surface area contributed by atoms with Gasteiger partial charge in [0, 0.05) is 32.3 Å². The molecule has 1 aromatic heterocycles. The van der Waals surface area contributed by atoms with E-state index in [0.717, 1.165) is 5.82 Å². The number of hydrogen-bond donors (Lipinski definition) is 2. The molecule has 1 rings (SSSR count). The van der Waals surface area contributed by atoms with Crippen LogP contribution in [0.25, 0.3) is 0 Å². The average molecular weight is 239 g/mol. The minimum atomic E-state index is -0.818. The molecule has 0 spiro atoms. The smallest absolute Gasteiger partial charge is 0.303 e. The Morgan fingerprint density at radius 1 is 1.41 bits per heavy atom. The van der Waals surface area contributed by atoms with E-state index < -0.39 is 5.97 Å². The van der Waals surface area contributed by atoms with Gasteiger partial charge >= 0.3 is 5.97 Å². The van der Waals surface area contributed by atoms with Crippen LogP contribution in [0.15, 0.2) is 12.4 Å². The number of carboxylic acid groups (broad SMARTS) is 1. The summed E-state index contributed by atoms with van der Waals surface area (Å²) in [5.74, 6) is -0.0698. The average Bonchev–Trinajstić information content (AvgIpc) is 2.76. The van der Waals surface area contributed by atoms with Crippen molar-refractivity contribution in [2.75, 3.05) is 7.05 Å². The van der Waals surface area contributed by atoms with Gasteiger partial charge in [-0.2, -0.15) is 0 Å². The number of carbonyl (C=O) groups is 2. The summed E-state index contributed by atoms with van der Waals surface area (Å²) < 4.78 is 0. The molecule has 0 aliphatic rings. The van der Waals surface area contributed by atoms with Gasteiger partial charge < -0.3 is 15.0 Å². The Balaban J connectivity index is 2.20. The second-order valence-corrected chi connectivity index (χ2v) is 3.89. The molecule has 0 aliphatic carbocycles. The van der Waals surface area contributed by atoms with E-state index in [2.05, 4.69) is 9.97 Å². The van der Waals surface area contributed by atoms with E-state index in [1.54, 1.807) is 24.3 Å². The number of imidazole rings is 1. The van der Waals surface area contributed by atoms with Crippen LogP contribution in [-0.2, 0) is 16.1 Å². The van der Waals surface area contributed by atoms with Gasteiger partial charge in [-0.15, -0.1) is 0 Å². The lowest BCUT2D eigenvalue weighted by molar-refractivity contribution is -0.137. The highest BCUT2D eigenvalue weighted by Gasteiger charge is 2.10. The zero-order valence-electron chi connectivity index (χ0n) is 9.85. The van der Waals surface area contributed by atoms with Gasteiger partial charge in [-0.3, -0.25) is 9.59 Å². The lowest BCUT2D eigenvalue weighted by Crippen LogP contribution is -2.26. The second kappa shape index (κ2) is 6.67. The van der Waals surface area contributed by atoms with Gasteiger partial charge in [0.25, 0.3) is 0 Å². The number of aliphatic carboxylic acids is 1. The minimum Gasteiger partial charge on any atom is -0.481 e. The molecular weight excluding hydrogens is 222 g/mol. The second-order valence-electron chi connectivity index (χ2n) is 3.89. The third-order valence-electron chi connectivity index (χ3n) is 2.40. The highest BCUT2D eigenvalue weighted by molar-refractivity contribution is 5.75. The van der Waals surface area contributed by atoms with Crippen molar-refractivity contribution in [1.29, 1.82) is 0 Å². The normalized spacial score (nSPS) is 10.2. The maximum atomic E-state index is 11.7. The van der Waals surface area contributed by atoms with Crippen molar-refractivity contribution in [3.8, 4) is 0 Å². The molecule has 2 N–H and O–H groups in total. The third kappa shape index (κ3) is 5.14. The molecule has 17 heavy (non-hydrogen) atoms. The summed E-state index contributed by atoms with van der Waals surface area (Å²) in [5.41, 5.74) is 0. The van der Waals surface area contributed by atoms with Gasteiger partial charge in [-0.05, 0) is 12.8 Å². The summed E-state index contributed by atoms with van der Waals surface area (Å²) in [7, 11) is 1.71. The molecule has 0 fully saturated rings. The van der Waals surface area contributed by atoms with E-state index in [1.165, 1.54) is 0 Å². The molecule has 0 atom stereocenters. The molecule has 6 nitrogen and oxygen atoms in total. The van der Waals surface area contributed by atoms with Crippen LogP contribution in [0.5, 0.6) is 0 Å². The number of aromatic nitrogens is 2. The first-order valence-corrected chi connectivity index (χ1v) is 5.53. The van der Waals surface area contributed by atoms with E-state index in [4.69, 9.17) is 5.11 Å². The standard InChI is InChI=1S/C11H17N3O3/c1-14(8-9-12-6-7-13-9)10(15)4-2-3-5-11(16)17/h6-7H,2-5,8H2,1H3,(H,12,13)(H,16,17). The van der Waals surface area contributed by atoms with Crippen molar-refractivity contribution in [2.45, 2.75) is 32.2 Å². The number of amides is 1. The number of carboxylic acids is 1. The Labute approximate surface area is 99.7 Å². The fourth-order valence-corrected chi connectivity index (χ4v) is 1.44. The first-order chi connectivity index (χ1) is 8.09. The monoisotopic (exact) mass is 239 g/mol. The van der Waals surface area contributed by atoms with E-state index in [-0.39, 0.29) is 12.3 Å². The number of nitrogens with zero attached hydrogens (tertiary/aromatic N) is 2. The number of carbonyl (C=O) groups excluding carboxylic acids is 1. The molecule has 0 bridgehead atoms. The van der Waals surface area contributed by atoms with E-state index >= 15 is 0 Å². The maximum absolute atomic E-state index is 11.7. The lowest BCUT2D eigenvalue weighted by Gasteiger charge is -2.15. The molecule has 0 aromatic carbocycles. The van der Waals surface area contributed by atoms with Crippen molar-refractivity contribution >= 4 is 11.9 Å². The van der Waals surface area contributed by atoms with Crippen molar-refractivity contribution in [3.05, 3.63) is 18.2 Å². The topological polar surface area (TPSA) is 86.3 Å². The van der Waals surface area contributed by atoms with E-state index in [0.29, 0.717) is 25.8 Å². The van der Waals surface area contributed by atoms with Crippen LogP contribution < -0.4 is 0 Å². The number of hydrogen-bond acceptors (Lipinski definition) is 3. The van der Waals surface area contributed by atoms with Crippen molar-refractivity contribution < 1.29 is 14.7 Å². The Bertz CT molecular complexity index is 362. The number of rotatable bonds is 7. The molecular formula is C11H17N3O3. The maximum Gasteiger partial charge on any atom is 0.303 e. The first kappa shape index (κ1) is 13.2. The summed E-state index contributed by atoms with van der Waals surface area (Å²) in [6.45, 7) is 0.449. The molecule has 1 aromatic rings. The van der Waals surface area contributed by atoms with Gasteiger partial charge in [0.1, 0.15) is 5.82 Å². The van der Waals surface area contributed by atoms with Crippen LogP contribution in [0, 0.1) is 0 Å². The summed E-state index contributed by atoms with van der Waals surface area (Å²) in [6.07, 6.45) is 4.99. The molecule has 6 heteroatoms. The van der Waals surface area contributed by atoms with Gasteiger partial charge in [0.05, 0.1) is 6.54 Å². The Hall–Kier alpha value is -1.85. The van der Waals surface area contributed by atoms with Gasteiger partial charge in [-0.1, -0.05) is 0 Å². The Morgan fingerprint density at radius 2 is 2.12 bits per heavy atom. The third-order valence-corrected chi connectivity index (χ3v) is 2.40.